The molecule has 2 aliphatic rings. The van der Waals surface area contributed by atoms with Crippen molar-refractivity contribution in [1.82, 2.24) is 45.1 Å². The second-order valence-electron chi connectivity index (χ2n) is 15.7. The number of ether oxygens (including phenoxy) is 2. The summed E-state index contributed by atoms with van der Waals surface area (Å²) in [6.07, 6.45) is -3.25. The molecule has 2 aromatic carbocycles. The molecule has 2 aliphatic heterocycles. The average Bonchev–Trinajstić information content (AvgIpc) is 3.90. The number of methoxy groups -OCH3 is 2. The molecule has 0 unspecified atom stereocenters. The van der Waals surface area contributed by atoms with Crippen LogP contribution in [-0.4, -0.2) is 156 Å². The zero-order chi connectivity index (χ0) is 49.5. The lowest BCUT2D eigenvalue weighted by Gasteiger charge is -2.37. The molecule has 5 heterocycles. The van der Waals surface area contributed by atoms with Crippen molar-refractivity contribution in [2.45, 2.75) is 39.8 Å². The third-order valence-electron chi connectivity index (χ3n) is 11.5. The van der Waals surface area contributed by atoms with Crippen molar-refractivity contribution in [3.63, 3.8) is 0 Å². The fraction of sp³-hybridized carbons (Fsp3) is 0.404. The van der Waals surface area contributed by atoms with Crippen LogP contribution in [-0.2, 0) is 17.9 Å². The van der Waals surface area contributed by atoms with E-state index in [9.17, 15) is 36.7 Å². The molecule has 18 nitrogen and oxygen atoms in total. The molecule has 69 heavy (non-hydrogen) atoms. The van der Waals surface area contributed by atoms with Crippen molar-refractivity contribution in [2.24, 2.45) is 0 Å². The molecule has 368 valence electrons. The molecule has 0 spiro atoms. The predicted octanol–water partition coefficient (Wildman–Crippen LogP) is 6.26. The average molecular weight is 962 g/mol. The van der Waals surface area contributed by atoms with Gasteiger partial charge in [-0.3, -0.25) is 29.4 Å². The highest BCUT2D eigenvalue weighted by atomic mass is 19.3. The number of nitrogens with one attached hydrogen (secondary N) is 1. The van der Waals surface area contributed by atoms with Crippen LogP contribution in [0.15, 0.2) is 89.6 Å². The zero-order valence-electron chi connectivity index (χ0n) is 38.8. The van der Waals surface area contributed by atoms with Crippen LogP contribution in [0.25, 0.3) is 11.5 Å². The molecule has 0 aliphatic carbocycles. The molecule has 2 saturated heterocycles. The fourth-order valence-corrected chi connectivity index (χ4v) is 7.39. The van der Waals surface area contributed by atoms with E-state index in [0.29, 0.717) is 66.0 Å². The van der Waals surface area contributed by atoms with Gasteiger partial charge in [0.1, 0.15) is 11.5 Å². The number of amides is 5. The van der Waals surface area contributed by atoms with Crippen molar-refractivity contribution in [3.8, 4) is 23.0 Å². The Morgan fingerprint density at radius 1 is 0.681 bits per heavy atom. The van der Waals surface area contributed by atoms with Gasteiger partial charge in [0.25, 0.3) is 11.8 Å². The summed E-state index contributed by atoms with van der Waals surface area (Å²) in [4.78, 5) is 70.3. The van der Waals surface area contributed by atoms with E-state index in [1.165, 1.54) is 18.5 Å². The Kier molecular flexibility index (Phi) is 18.3. The van der Waals surface area contributed by atoms with E-state index < -0.39 is 37.0 Å². The Morgan fingerprint density at radius 3 is 1.59 bits per heavy atom. The first-order valence-electron chi connectivity index (χ1n) is 22.3. The molecule has 0 atom stereocenters. The van der Waals surface area contributed by atoms with Crippen LogP contribution in [0.4, 0.5) is 38.5 Å². The van der Waals surface area contributed by atoms with Gasteiger partial charge in [0.15, 0.2) is 5.78 Å². The molecule has 1 N–H and O–H groups in total. The van der Waals surface area contributed by atoms with Crippen LogP contribution in [0, 0.1) is 0 Å². The minimum Gasteiger partial charge on any atom is -0.497 e. The van der Waals surface area contributed by atoms with E-state index in [-0.39, 0.29) is 36.6 Å². The number of alkyl halides is 4. The van der Waals surface area contributed by atoms with E-state index in [0.717, 1.165) is 39.3 Å². The third-order valence-corrected chi connectivity index (χ3v) is 11.5. The van der Waals surface area contributed by atoms with Crippen LogP contribution in [0.3, 0.4) is 0 Å². The number of carbonyl (C=O) groups is 4. The summed E-state index contributed by atoms with van der Waals surface area (Å²) in [5.41, 5.74) is 3.05. The van der Waals surface area contributed by atoms with Crippen molar-refractivity contribution < 1.29 is 50.6 Å². The third kappa shape index (κ3) is 13.9. The van der Waals surface area contributed by atoms with Crippen molar-refractivity contribution in [1.29, 1.82) is 0 Å². The number of likely N-dealkylation sites (N-methyl/N-ethyl adjacent to an activating group) is 2. The summed E-state index contributed by atoms with van der Waals surface area (Å²) in [7, 11) is 3.13. The number of piperazine rings is 2. The molecule has 2 fully saturated rings. The van der Waals surface area contributed by atoms with E-state index in [1.807, 2.05) is 34.5 Å². The highest BCUT2D eigenvalue weighted by Gasteiger charge is 2.29. The van der Waals surface area contributed by atoms with Gasteiger partial charge in [0.2, 0.25) is 5.89 Å². The largest absolute Gasteiger partial charge is 0.497 e. The number of hydrogen-bond donors (Lipinski definition) is 1. The Bertz CT molecular complexity index is 2470. The van der Waals surface area contributed by atoms with Gasteiger partial charge in [-0.1, -0.05) is 26.0 Å². The summed E-state index contributed by atoms with van der Waals surface area (Å²) in [5, 5.41) is 8.86. The van der Waals surface area contributed by atoms with Crippen LogP contribution >= 0.6 is 0 Å². The Hall–Kier alpha value is -7.20. The lowest BCUT2D eigenvalue weighted by Crippen LogP contribution is -2.52. The molecule has 3 aromatic heterocycles. The van der Waals surface area contributed by atoms with Crippen molar-refractivity contribution in [3.05, 3.63) is 108 Å². The van der Waals surface area contributed by atoms with Gasteiger partial charge in [-0.05, 0) is 61.6 Å². The lowest BCUT2D eigenvalue weighted by atomic mass is 10.1. The highest BCUT2D eigenvalue weighted by molar-refractivity contribution is 5.99. The summed E-state index contributed by atoms with van der Waals surface area (Å²) in [6, 6.07) is 20.6. The fourth-order valence-electron chi connectivity index (χ4n) is 7.39. The first-order valence-corrected chi connectivity index (χ1v) is 22.3. The van der Waals surface area contributed by atoms with Gasteiger partial charge in [-0.15, -0.1) is 10.2 Å². The number of anilines is 2. The summed E-state index contributed by atoms with van der Waals surface area (Å²) < 4.78 is 65.7. The second-order valence-corrected chi connectivity index (χ2v) is 15.7. The molecular weight excluding hydrogens is 907 g/mol. The van der Waals surface area contributed by atoms with Gasteiger partial charge in [0, 0.05) is 93.8 Å². The van der Waals surface area contributed by atoms with Gasteiger partial charge in [-0.25, -0.2) is 9.59 Å². The van der Waals surface area contributed by atoms with E-state index in [4.69, 9.17) is 13.9 Å². The number of halogens is 4. The molecule has 7 rings (SSSR count). The van der Waals surface area contributed by atoms with Crippen molar-refractivity contribution >= 4 is 35.1 Å². The number of aromatic nitrogens is 4. The van der Waals surface area contributed by atoms with Crippen LogP contribution in [0.1, 0.15) is 47.9 Å². The lowest BCUT2D eigenvalue weighted by molar-refractivity contribution is -0.131. The summed E-state index contributed by atoms with van der Waals surface area (Å²) >= 11 is 0. The maximum absolute atomic E-state index is 13.5. The van der Waals surface area contributed by atoms with E-state index >= 15 is 0 Å². The maximum Gasteiger partial charge on any atom is 0.324 e. The number of ketones is 1. The van der Waals surface area contributed by atoms with Crippen LogP contribution in [0.2, 0.25) is 0 Å². The molecular formula is C47H55F4N11O7. The van der Waals surface area contributed by atoms with Crippen LogP contribution in [0.5, 0.6) is 11.5 Å². The second kappa shape index (κ2) is 24.7. The number of carbonyl (C=O) groups excluding carboxylic acids is 4. The zero-order valence-corrected chi connectivity index (χ0v) is 38.8. The summed E-state index contributed by atoms with van der Waals surface area (Å²) in [5.74, 6) is -1.58. The minimum atomic E-state index is -3.19. The topological polar surface area (TPSA) is 183 Å². The molecule has 22 heteroatoms. The van der Waals surface area contributed by atoms with Gasteiger partial charge < -0.3 is 38.8 Å². The molecule has 0 saturated carbocycles. The van der Waals surface area contributed by atoms with E-state index in [2.05, 4.69) is 43.8 Å². The first-order chi connectivity index (χ1) is 33.3. The van der Waals surface area contributed by atoms with Crippen LogP contribution < -0.4 is 24.6 Å². The molecule has 0 bridgehead atoms. The van der Waals surface area contributed by atoms with Gasteiger partial charge >= 0.3 is 24.9 Å². The number of hydrogen-bond acceptors (Lipinski definition) is 13. The quantitative estimate of drug-likeness (QED) is 0.0865. The normalized spacial score (nSPS) is 14.2. The molecule has 0 radical (unpaired) electrons. The van der Waals surface area contributed by atoms with Crippen molar-refractivity contribution in [2.75, 3.05) is 96.0 Å². The number of urea groups is 2. The Morgan fingerprint density at radius 2 is 1.19 bits per heavy atom. The minimum absolute atomic E-state index is 0.0381. The number of pyridine rings is 2. The van der Waals surface area contributed by atoms with Gasteiger partial charge in [-0.2, -0.15) is 17.6 Å². The molecule has 5 amide bonds. The maximum atomic E-state index is 13.5. The number of nitrogens with zero attached hydrogens (tertiary/aromatic N) is 10. The van der Waals surface area contributed by atoms with E-state index in [1.54, 1.807) is 71.4 Å². The number of benzene rings is 2. The standard InChI is InChI=1S/C24H29F2N5O4.C23H26F2N6O3/c1-3-29-9-11-30(12-10-29)24(34)31(19-5-4-6-20(13-19)35-2)16-18-8-7-17(14-27-18)21(32)15-28-23(33)22(25)26;1-3-29-9-11-30(12-10-29)23(32)31(18-5-4-6-19(13-18)33-2)15-17-8-7-16(14-26-17)21-27-28-22(34-21)20(24)25/h4-8,13-14,22H,3,9-12,15-16H2,1-2H3,(H,28,33);4-8,13-14,20H,3,9-12,15H2,1-2H3. The monoisotopic (exact) mass is 961 g/mol. The predicted molar refractivity (Wildman–Crippen MR) is 247 cm³/mol. The number of Topliss-reactive ketones (excluding diaryl/α,β-unsaturated/α-hetero) is 1. The Labute approximate surface area is 396 Å². The molecule has 5 aromatic rings. The highest BCUT2D eigenvalue weighted by Crippen LogP contribution is 2.27. The Balaban J connectivity index is 0.000000227. The number of rotatable bonds is 16. The first kappa shape index (κ1) is 51.2. The smallest absolute Gasteiger partial charge is 0.324 e. The summed E-state index contributed by atoms with van der Waals surface area (Å²) in [6.45, 7) is 11.6. The SMILES string of the molecule is CCN1CCN(C(=O)N(Cc2ccc(-c3nnc(C(F)F)o3)cn2)c2cccc(OC)c2)CC1.CCN1CCN(C(=O)N(Cc2ccc(C(=O)CNC(=O)C(F)F)cn2)c2cccc(OC)c2)CC1. The van der Waals surface area contributed by atoms with Gasteiger partial charge in [0.05, 0.1) is 50.8 Å².